The molecule has 0 bridgehead atoms. The van der Waals surface area contributed by atoms with Crippen molar-refractivity contribution in [3.8, 4) is 0 Å². The molecule has 4 aliphatic rings. The average molecular weight is 368 g/mol. The van der Waals surface area contributed by atoms with Crippen LogP contribution in [0.5, 0.6) is 0 Å². The maximum Gasteiger partial charge on any atom is 0.255 e. The van der Waals surface area contributed by atoms with E-state index >= 15 is 0 Å². The summed E-state index contributed by atoms with van der Waals surface area (Å²) in [6, 6.07) is 5.34. The zero-order chi connectivity index (χ0) is 18.5. The highest BCUT2D eigenvalue weighted by atomic mass is 16.2. The third-order valence-electron chi connectivity index (χ3n) is 6.54. The molecule has 1 atom stereocenters. The number of imide groups is 1. The van der Waals surface area contributed by atoms with Crippen molar-refractivity contribution in [3.05, 3.63) is 34.9 Å². The first-order chi connectivity index (χ1) is 13.1. The summed E-state index contributed by atoms with van der Waals surface area (Å²) in [5.41, 5.74) is 2.93. The Labute approximate surface area is 158 Å². The highest BCUT2D eigenvalue weighted by Gasteiger charge is 2.41. The highest BCUT2D eigenvalue weighted by molar-refractivity contribution is 6.05. The van der Waals surface area contributed by atoms with Crippen molar-refractivity contribution in [2.75, 3.05) is 26.2 Å². The summed E-state index contributed by atoms with van der Waals surface area (Å²) in [6.07, 6.45) is 0.692. The maximum atomic E-state index is 12.9. The van der Waals surface area contributed by atoms with Gasteiger partial charge in [0.25, 0.3) is 5.91 Å². The molecule has 0 spiro atoms. The van der Waals surface area contributed by atoms with Crippen molar-refractivity contribution in [3.63, 3.8) is 0 Å². The molecule has 5 rings (SSSR count). The van der Waals surface area contributed by atoms with Crippen LogP contribution in [0.3, 0.4) is 0 Å². The van der Waals surface area contributed by atoms with Crippen LogP contribution in [0.4, 0.5) is 0 Å². The largest absolute Gasteiger partial charge is 0.322 e. The Kier molecular flexibility index (Phi) is 4.02. The first-order valence-corrected chi connectivity index (χ1v) is 9.78. The van der Waals surface area contributed by atoms with Crippen LogP contribution in [0.2, 0.25) is 0 Å². The molecular weight excluding hydrogens is 344 g/mol. The molecule has 3 saturated heterocycles. The Morgan fingerprint density at radius 1 is 1.07 bits per heavy atom. The van der Waals surface area contributed by atoms with Gasteiger partial charge in [0.05, 0.1) is 0 Å². The second-order valence-electron chi connectivity index (χ2n) is 8.22. The third kappa shape index (κ3) is 2.85. The van der Waals surface area contributed by atoms with Crippen molar-refractivity contribution in [2.45, 2.75) is 32.0 Å². The van der Waals surface area contributed by atoms with Crippen molar-refractivity contribution in [1.82, 2.24) is 20.4 Å². The van der Waals surface area contributed by atoms with E-state index in [0.717, 1.165) is 50.1 Å². The molecule has 4 heterocycles. The Hall–Kier alpha value is -2.25. The van der Waals surface area contributed by atoms with Crippen LogP contribution >= 0.6 is 0 Å². The molecule has 1 aromatic carbocycles. The predicted molar refractivity (Wildman–Crippen MR) is 97.6 cm³/mol. The van der Waals surface area contributed by atoms with Crippen molar-refractivity contribution in [1.29, 1.82) is 0 Å². The Morgan fingerprint density at radius 3 is 2.59 bits per heavy atom. The summed E-state index contributed by atoms with van der Waals surface area (Å²) in [4.78, 5) is 40.6. The Bertz CT molecular complexity index is 813. The third-order valence-corrected chi connectivity index (χ3v) is 6.54. The van der Waals surface area contributed by atoms with Gasteiger partial charge in [0.1, 0.15) is 6.04 Å². The van der Waals surface area contributed by atoms with Crippen LogP contribution in [-0.2, 0) is 22.7 Å². The van der Waals surface area contributed by atoms with Gasteiger partial charge in [-0.1, -0.05) is 12.1 Å². The molecule has 2 N–H and O–H groups in total. The quantitative estimate of drug-likeness (QED) is 0.737. The van der Waals surface area contributed by atoms with Crippen molar-refractivity contribution < 1.29 is 14.4 Å². The summed E-state index contributed by atoms with van der Waals surface area (Å²) in [6.45, 7) is 5.86. The summed E-state index contributed by atoms with van der Waals surface area (Å²) in [7, 11) is 0. The lowest BCUT2D eigenvalue weighted by molar-refractivity contribution is -0.136. The molecule has 142 valence electrons. The average Bonchev–Trinajstić information content (AvgIpc) is 2.89. The lowest BCUT2D eigenvalue weighted by atomic mass is 9.81. The zero-order valence-corrected chi connectivity index (χ0v) is 15.2. The molecule has 7 nitrogen and oxygen atoms in total. The Balaban J connectivity index is 1.29. The lowest BCUT2D eigenvalue weighted by Gasteiger charge is -2.47. The molecule has 4 aliphatic heterocycles. The number of hydrogen-bond acceptors (Lipinski definition) is 5. The van der Waals surface area contributed by atoms with Gasteiger partial charge >= 0.3 is 0 Å². The first-order valence-electron chi connectivity index (χ1n) is 9.78. The normalized spacial score (nSPS) is 26.6. The first kappa shape index (κ1) is 16.9. The van der Waals surface area contributed by atoms with Gasteiger partial charge in [-0.3, -0.25) is 24.6 Å². The number of carbonyl (C=O) groups excluding carboxylic acids is 3. The van der Waals surface area contributed by atoms with Crippen LogP contribution in [-0.4, -0.2) is 59.7 Å². The molecule has 0 aromatic heterocycles. The van der Waals surface area contributed by atoms with E-state index in [2.05, 4.69) is 21.6 Å². The van der Waals surface area contributed by atoms with E-state index in [1.165, 1.54) is 5.56 Å². The van der Waals surface area contributed by atoms with E-state index in [0.29, 0.717) is 18.5 Å². The lowest BCUT2D eigenvalue weighted by Crippen LogP contribution is -2.57. The van der Waals surface area contributed by atoms with E-state index in [-0.39, 0.29) is 24.1 Å². The van der Waals surface area contributed by atoms with Gasteiger partial charge in [0, 0.05) is 38.2 Å². The monoisotopic (exact) mass is 368 g/mol. The van der Waals surface area contributed by atoms with E-state index < -0.39 is 6.04 Å². The standard InChI is InChI=1S/C20H24N4O3/c25-18-5-4-17(19(26)22-18)24-11-16-12(2-1-3-15(16)20(24)27)8-23-9-14(10-23)13-6-21-7-13/h1-3,13-14,17,21H,4-11H2,(H,22,25,26). The van der Waals surface area contributed by atoms with Crippen LogP contribution in [0.1, 0.15) is 34.3 Å². The number of amides is 3. The van der Waals surface area contributed by atoms with Gasteiger partial charge in [0.2, 0.25) is 11.8 Å². The second kappa shape index (κ2) is 6.42. The van der Waals surface area contributed by atoms with Gasteiger partial charge in [-0.25, -0.2) is 0 Å². The minimum absolute atomic E-state index is 0.0941. The van der Waals surface area contributed by atoms with Gasteiger partial charge < -0.3 is 10.2 Å². The molecule has 1 unspecified atom stereocenters. The zero-order valence-electron chi connectivity index (χ0n) is 15.2. The highest BCUT2D eigenvalue weighted by Crippen LogP contribution is 2.33. The van der Waals surface area contributed by atoms with Crippen LogP contribution < -0.4 is 10.6 Å². The minimum Gasteiger partial charge on any atom is -0.322 e. The fourth-order valence-electron chi connectivity index (χ4n) is 4.72. The van der Waals surface area contributed by atoms with E-state index in [9.17, 15) is 14.4 Å². The molecule has 0 saturated carbocycles. The molecule has 3 amide bonds. The van der Waals surface area contributed by atoms with Gasteiger partial charge in [-0.15, -0.1) is 0 Å². The van der Waals surface area contributed by atoms with Gasteiger partial charge in [0.15, 0.2) is 0 Å². The summed E-state index contributed by atoms with van der Waals surface area (Å²) in [5, 5.41) is 5.70. The molecule has 0 aliphatic carbocycles. The molecular formula is C20H24N4O3. The molecule has 1 aromatic rings. The number of fused-ring (bicyclic) bond motifs is 1. The van der Waals surface area contributed by atoms with Gasteiger partial charge in [-0.2, -0.15) is 0 Å². The smallest absolute Gasteiger partial charge is 0.255 e. The number of rotatable bonds is 4. The number of piperidine rings is 1. The SMILES string of the molecule is O=C1CCC(N2Cc3c(CN4CC(C5CNC5)C4)cccc3C2=O)C(=O)N1. The minimum atomic E-state index is -0.546. The molecule has 3 fully saturated rings. The topological polar surface area (TPSA) is 81.8 Å². The van der Waals surface area contributed by atoms with E-state index in [1.54, 1.807) is 4.90 Å². The second-order valence-corrected chi connectivity index (χ2v) is 8.22. The van der Waals surface area contributed by atoms with E-state index in [4.69, 9.17) is 0 Å². The maximum absolute atomic E-state index is 12.9. The molecule has 7 heteroatoms. The summed E-state index contributed by atoms with van der Waals surface area (Å²) < 4.78 is 0. The number of nitrogens with one attached hydrogen (secondary N) is 2. The number of nitrogens with zero attached hydrogens (tertiary/aromatic N) is 2. The van der Waals surface area contributed by atoms with Crippen LogP contribution in [0, 0.1) is 11.8 Å². The number of hydrogen-bond donors (Lipinski definition) is 2. The van der Waals surface area contributed by atoms with Crippen molar-refractivity contribution in [2.24, 2.45) is 11.8 Å². The van der Waals surface area contributed by atoms with Crippen LogP contribution in [0.15, 0.2) is 18.2 Å². The number of likely N-dealkylation sites (tertiary alicyclic amines) is 1. The van der Waals surface area contributed by atoms with Crippen molar-refractivity contribution >= 4 is 17.7 Å². The number of benzene rings is 1. The Morgan fingerprint density at radius 2 is 1.89 bits per heavy atom. The summed E-state index contributed by atoms with van der Waals surface area (Å²) >= 11 is 0. The predicted octanol–water partition coefficient (Wildman–Crippen LogP) is 0.0988. The van der Waals surface area contributed by atoms with Gasteiger partial charge in [-0.05, 0) is 48.5 Å². The fourth-order valence-corrected chi connectivity index (χ4v) is 4.72. The number of carbonyl (C=O) groups is 3. The molecule has 27 heavy (non-hydrogen) atoms. The fraction of sp³-hybridized carbons (Fsp3) is 0.550. The molecule has 0 radical (unpaired) electrons. The van der Waals surface area contributed by atoms with Crippen LogP contribution in [0.25, 0.3) is 0 Å². The van der Waals surface area contributed by atoms with E-state index in [1.807, 2.05) is 12.1 Å². The summed E-state index contributed by atoms with van der Waals surface area (Å²) in [5.74, 6) is 0.920.